The number of aromatic carboxylic acids is 1. The number of carboxylic acids is 1. The lowest BCUT2D eigenvalue weighted by atomic mass is 10.2. The van der Waals surface area contributed by atoms with Crippen molar-refractivity contribution in [1.29, 1.82) is 0 Å². The molecule has 0 aliphatic heterocycles. The molecule has 0 saturated carbocycles. The molecule has 21 heavy (non-hydrogen) atoms. The number of nitrogens with zero attached hydrogens (tertiary/aromatic N) is 2. The number of hydrogen-bond acceptors (Lipinski definition) is 3. The van der Waals surface area contributed by atoms with Crippen LogP contribution in [0.1, 0.15) is 10.5 Å². The van der Waals surface area contributed by atoms with E-state index in [0.29, 0.717) is 26.8 Å². The number of aromatic nitrogens is 2. The van der Waals surface area contributed by atoms with Crippen LogP contribution in [0.4, 0.5) is 10.1 Å². The average Bonchev–Trinajstić information content (AvgIpc) is 2.78. The zero-order valence-electron chi connectivity index (χ0n) is 10.5. The van der Waals surface area contributed by atoms with Gasteiger partial charge in [0.05, 0.1) is 11.2 Å². The quantitative estimate of drug-likeness (QED) is 0.696. The van der Waals surface area contributed by atoms with Crippen LogP contribution >= 0.6 is 15.9 Å². The van der Waals surface area contributed by atoms with E-state index in [9.17, 15) is 14.3 Å². The Kier molecular flexibility index (Phi) is 3.13. The molecule has 0 aliphatic carbocycles. The number of fused-ring (bicyclic) bond motifs is 1. The fraction of sp³-hybridized carbons (Fsp3) is 0. The van der Waals surface area contributed by atoms with Gasteiger partial charge in [-0.05, 0) is 52.3 Å². The van der Waals surface area contributed by atoms with Crippen LogP contribution in [0.5, 0.6) is 0 Å². The van der Waals surface area contributed by atoms with E-state index < -0.39 is 11.8 Å². The van der Waals surface area contributed by atoms with Crippen LogP contribution in [0.3, 0.4) is 0 Å². The fourth-order valence-corrected chi connectivity index (χ4v) is 2.44. The summed E-state index contributed by atoms with van der Waals surface area (Å²) in [5, 5.41) is 14.1. The summed E-state index contributed by atoms with van der Waals surface area (Å²) in [5.74, 6) is -1.53. The van der Waals surface area contributed by atoms with Crippen molar-refractivity contribution in [3.63, 3.8) is 0 Å². The second kappa shape index (κ2) is 4.85. The molecule has 0 amide bonds. The molecule has 2 aromatic carbocycles. The predicted molar refractivity (Wildman–Crippen MR) is 80.1 cm³/mol. The topological polar surface area (TPSA) is 81.1 Å². The van der Waals surface area contributed by atoms with E-state index in [-0.39, 0.29) is 5.69 Å². The molecule has 0 radical (unpaired) electrons. The third kappa shape index (κ3) is 2.25. The number of nitrogen functional groups attached to an aromatic ring is 1. The Balaban J connectivity index is 2.34. The van der Waals surface area contributed by atoms with Gasteiger partial charge in [0.1, 0.15) is 5.82 Å². The van der Waals surface area contributed by atoms with Crippen molar-refractivity contribution in [2.24, 2.45) is 0 Å². The maximum Gasteiger partial charge on any atom is 0.355 e. The summed E-state index contributed by atoms with van der Waals surface area (Å²) in [6.07, 6.45) is 0. The van der Waals surface area contributed by atoms with E-state index >= 15 is 0 Å². The molecule has 0 bridgehead atoms. The highest BCUT2D eigenvalue weighted by molar-refractivity contribution is 9.10. The molecular formula is C14H9BrFN3O2. The summed E-state index contributed by atoms with van der Waals surface area (Å²) >= 11 is 3.27. The molecule has 3 rings (SSSR count). The highest BCUT2D eigenvalue weighted by atomic mass is 79.9. The second-order valence-electron chi connectivity index (χ2n) is 4.43. The SMILES string of the molecule is Nc1cc2nn(-c3ccc(F)cc3)c(C(=O)O)c2cc1Br. The molecule has 1 aromatic heterocycles. The van der Waals surface area contributed by atoms with Crippen molar-refractivity contribution < 1.29 is 14.3 Å². The number of halogens is 2. The van der Waals surface area contributed by atoms with Gasteiger partial charge in [-0.25, -0.2) is 13.9 Å². The lowest BCUT2D eigenvalue weighted by Crippen LogP contribution is -2.08. The van der Waals surface area contributed by atoms with Crippen LogP contribution in [0.2, 0.25) is 0 Å². The molecule has 0 spiro atoms. The van der Waals surface area contributed by atoms with Crippen LogP contribution in [-0.4, -0.2) is 20.9 Å². The van der Waals surface area contributed by atoms with Crippen molar-refractivity contribution in [1.82, 2.24) is 9.78 Å². The molecule has 1 heterocycles. The lowest BCUT2D eigenvalue weighted by Gasteiger charge is -2.04. The summed E-state index contributed by atoms with van der Waals surface area (Å²) in [6, 6.07) is 8.63. The molecule has 3 aromatic rings. The molecule has 0 fully saturated rings. The molecule has 0 atom stereocenters. The van der Waals surface area contributed by atoms with Crippen molar-refractivity contribution >= 4 is 38.5 Å². The summed E-state index contributed by atoms with van der Waals surface area (Å²) < 4.78 is 14.9. The van der Waals surface area contributed by atoms with Crippen LogP contribution in [0.25, 0.3) is 16.6 Å². The Morgan fingerprint density at radius 1 is 1.29 bits per heavy atom. The minimum absolute atomic E-state index is 0.00249. The van der Waals surface area contributed by atoms with Gasteiger partial charge in [-0.3, -0.25) is 0 Å². The second-order valence-corrected chi connectivity index (χ2v) is 5.29. The van der Waals surface area contributed by atoms with Crippen LogP contribution in [-0.2, 0) is 0 Å². The van der Waals surface area contributed by atoms with Crippen molar-refractivity contribution in [3.05, 3.63) is 52.4 Å². The van der Waals surface area contributed by atoms with Gasteiger partial charge in [0.2, 0.25) is 0 Å². The first kappa shape index (κ1) is 13.6. The van der Waals surface area contributed by atoms with E-state index in [1.807, 2.05) is 0 Å². The molecule has 0 saturated heterocycles. The van der Waals surface area contributed by atoms with Gasteiger partial charge in [0.15, 0.2) is 5.69 Å². The van der Waals surface area contributed by atoms with Gasteiger partial charge in [0, 0.05) is 15.5 Å². The fourth-order valence-electron chi connectivity index (χ4n) is 2.10. The van der Waals surface area contributed by atoms with Gasteiger partial charge in [0.25, 0.3) is 0 Å². The van der Waals surface area contributed by atoms with Crippen LogP contribution in [0, 0.1) is 5.82 Å². The van der Waals surface area contributed by atoms with Gasteiger partial charge in [-0.2, -0.15) is 5.10 Å². The zero-order chi connectivity index (χ0) is 15.1. The minimum Gasteiger partial charge on any atom is -0.476 e. The molecule has 106 valence electrons. The number of rotatable bonds is 2. The number of hydrogen-bond donors (Lipinski definition) is 2. The molecule has 0 unspecified atom stereocenters. The van der Waals surface area contributed by atoms with Crippen LogP contribution < -0.4 is 5.73 Å². The third-order valence-corrected chi connectivity index (χ3v) is 3.75. The predicted octanol–water partition coefficient (Wildman–Crippen LogP) is 3.21. The summed E-state index contributed by atoms with van der Waals surface area (Å²) in [7, 11) is 0. The van der Waals surface area contributed by atoms with Gasteiger partial charge >= 0.3 is 5.97 Å². The van der Waals surface area contributed by atoms with Gasteiger partial charge in [-0.15, -0.1) is 0 Å². The standard InChI is InChI=1S/C14H9BrFN3O2/c15-10-5-9-12(6-11(10)17)18-19(13(9)14(20)21)8-3-1-7(16)2-4-8/h1-6H,17H2,(H,20,21). The molecular weight excluding hydrogens is 341 g/mol. The van der Waals surface area contributed by atoms with Gasteiger partial charge < -0.3 is 10.8 Å². The zero-order valence-corrected chi connectivity index (χ0v) is 12.1. The Hall–Kier alpha value is -2.41. The van der Waals surface area contributed by atoms with E-state index in [1.54, 1.807) is 12.1 Å². The van der Waals surface area contributed by atoms with Crippen molar-refractivity contribution in [2.75, 3.05) is 5.73 Å². The summed E-state index contributed by atoms with van der Waals surface area (Å²) in [5.41, 5.74) is 7.16. The number of carbonyl (C=O) groups is 1. The maximum atomic E-state index is 13.0. The summed E-state index contributed by atoms with van der Waals surface area (Å²) in [4.78, 5) is 11.6. The Morgan fingerprint density at radius 3 is 2.57 bits per heavy atom. The maximum absolute atomic E-state index is 13.0. The molecule has 0 aliphatic rings. The highest BCUT2D eigenvalue weighted by Crippen LogP contribution is 2.29. The summed E-state index contributed by atoms with van der Waals surface area (Å²) in [6.45, 7) is 0. The van der Waals surface area contributed by atoms with Crippen LogP contribution in [0.15, 0.2) is 40.9 Å². The van der Waals surface area contributed by atoms with E-state index in [4.69, 9.17) is 5.73 Å². The monoisotopic (exact) mass is 349 g/mol. The third-order valence-electron chi connectivity index (χ3n) is 3.06. The van der Waals surface area contributed by atoms with E-state index in [0.717, 1.165) is 0 Å². The molecule has 3 N–H and O–H groups in total. The lowest BCUT2D eigenvalue weighted by molar-refractivity contribution is 0.0689. The average molecular weight is 350 g/mol. The number of anilines is 1. The first-order valence-electron chi connectivity index (χ1n) is 5.94. The first-order valence-corrected chi connectivity index (χ1v) is 6.73. The van der Waals surface area contributed by atoms with E-state index in [1.165, 1.54) is 28.9 Å². The van der Waals surface area contributed by atoms with E-state index in [2.05, 4.69) is 21.0 Å². The molecule has 7 heteroatoms. The van der Waals surface area contributed by atoms with Gasteiger partial charge in [-0.1, -0.05) is 0 Å². The largest absolute Gasteiger partial charge is 0.476 e. The first-order chi connectivity index (χ1) is 9.97. The minimum atomic E-state index is -1.13. The normalized spacial score (nSPS) is 11.0. The number of nitrogens with two attached hydrogens (primary N) is 1. The Labute approximate surface area is 126 Å². The van der Waals surface area contributed by atoms with Crippen molar-refractivity contribution in [2.45, 2.75) is 0 Å². The van der Waals surface area contributed by atoms with Crippen molar-refractivity contribution in [3.8, 4) is 5.69 Å². The number of benzene rings is 2. The Bertz CT molecular complexity index is 859. The smallest absolute Gasteiger partial charge is 0.355 e. The number of carboxylic acid groups (broad SMARTS) is 1. The highest BCUT2D eigenvalue weighted by Gasteiger charge is 2.20. The Morgan fingerprint density at radius 2 is 1.95 bits per heavy atom. The molecule has 5 nitrogen and oxygen atoms in total.